The summed E-state index contributed by atoms with van der Waals surface area (Å²) >= 11 is 1.69. The number of fused-ring (bicyclic) bond motifs is 1. The minimum Gasteiger partial charge on any atom is -0.491 e. The Morgan fingerprint density at radius 2 is 2.06 bits per heavy atom. The number of carbonyl (C=O) groups is 2. The lowest BCUT2D eigenvalue weighted by atomic mass is 10.00. The second kappa shape index (κ2) is 10.7. The second-order valence-corrected chi connectivity index (χ2v) is 9.21. The molecule has 0 saturated heterocycles. The molecule has 176 valence electrons. The fourth-order valence-electron chi connectivity index (χ4n) is 4.19. The lowest BCUT2D eigenvalue weighted by Crippen LogP contribution is -2.47. The molecule has 0 N–H and O–H groups in total. The van der Waals surface area contributed by atoms with Crippen LogP contribution in [0.4, 0.5) is 4.39 Å². The number of amides is 2. The number of benzene rings is 2. The fourth-order valence-corrected chi connectivity index (χ4v) is 5.12. The van der Waals surface area contributed by atoms with Gasteiger partial charge in [0.25, 0.3) is 5.91 Å². The fraction of sp³-hybridized carbons (Fsp3) is 0.259. The van der Waals surface area contributed by atoms with E-state index in [0.717, 1.165) is 23.3 Å². The molecule has 2 aromatic carbocycles. The van der Waals surface area contributed by atoms with Crippen molar-refractivity contribution in [2.75, 3.05) is 26.2 Å². The molecule has 1 aliphatic rings. The van der Waals surface area contributed by atoms with Crippen molar-refractivity contribution in [3.05, 3.63) is 100 Å². The summed E-state index contributed by atoms with van der Waals surface area (Å²) in [6.07, 6.45) is 2.33. The zero-order valence-electron chi connectivity index (χ0n) is 19.1. The monoisotopic (exact) mass is 478 g/mol. The number of aryl methyl sites for hydroxylation is 1. The summed E-state index contributed by atoms with van der Waals surface area (Å²) in [7, 11) is 0. The maximum absolute atomic E-state index is 13.7. The predicted octanol–water partition coefficient (Wildman–Crippen LogP) is 5.03. The van der Waals surface area contributed by atoms with Crippen molar-refractivity contribution in [1.29, 1.82) is 0 Å². The molecule has 1 aromatic heterocycles. The van der Waals surface area contributed by atoms with Gasteiger partial charge < -0.3 is 14.5 Å². The van der Waals surface area contributed by atoms with Gasteiger partial charge in [-0.2, -0.15) is 0 Å². The number of para-hydroxylation sites is 1. The summed E-state index contributed by atoms with van der Waals surface area (Å²) in [5.41, 5.74) is 2.32. The molecule has 2 heterocycles. The van der Waals surface area contributed by atoms with Crippen molar-refractivity contribution in [3.63, 3.8) is 0 Å². The molecule has 2 amide bonds. The largest absolute Gasteiger partial charge is 0.491 e. The predicted molar refractivity (Wildman–Crippen MR) is 132 cm³/mol. The van der Waals surface area contributed by atoms with E-state index in [1.807, 2.05) is 42.6 Å². The van der Waals surface area contributed by atoms with Crippen LogP contribution in [0.5, 0.6) is 5.75 Å². The molecule has 0 saturated carbocycles. The Labute approximate surface area is 203 Å². The van der Waals surface area contributed by atoms with Crippen molar-refractivity contribution in [2.45, 2.75) is 19.4 Å². The van der Waals surface area contributed by atoms with Gasteiger partial charge in [0.15, 0.2) is 0 Å². The summed E-state index contributed by atoms with van der Waals surface area (Å²) < 4.78 is 19.8. The van der Waals surface area contributed by atoms with Crippen LogP contribution >= 0.6 is 11.3 Å². The Kier molecular flexibility index (Phi) is 7.43. The molecule has 4 rings (SSSR count). The first-order chi connectivity index (χ1) is 16.5. The zero-order valence-corrected chi connectivity index (χ0v) is 19.9. The highest BCUT2D eigenvalue weighted by Gasteiger charge is 2.33. The third kappa shape index (κ3) is 5.20. The standard InChI is InChI=1S/C27H27FN2O3S/c1-3-13-29(27(32)20-8-6-9-21(28)16-20)17-26(31)30-14-11-25-22(12-15-34-25)23(30)18-33-24-10-5-4-7-19(24)2/h3-10,12,15-16,23H,1,11,13-14,17-18H2,2H3/t23-/m1/s1. The van der Waals surface area contributed by atoms with Crippen LogP contribution in [-0.2, 0) is 11.2 Å². The smallest absolute Gasteiger partial charge is 0.254 e. The highest BCUT2D eigenvalue weighted by atomic mass is 32.1. The van der Waals surface area contributed by atoms with Gasteiger partial charge in [0.2, 0.25) is 5.91 Å². The number of ether oxygens (including phenoxy) is 1. The van der Waals surface area contributed by atoms with Crippen LogP contribution in [0, 0.1) is 12.7 Å². The Morgan fingerprint density at radius 3 is 2.82 bits per heavy atom. The molecule has 0 fully saturated rings. The van der Waals surface area contributed by atoms with E-state index in [1.165, 1.54) is 28.0 Å². The first-order valence-electron chi connectivity index (χ1n) is 11.2. The highest BCUT2D eigenvalue weighted by Crippen LogP contribution is 2.34. The van der Waals surface area contributed by atoms with Gasteiger partial charge in [0, 0.05) is 23.5 Å². The van der Waals surface area contributed by atoms with Crippen LogP contribution in [0.3, 0.4) is 0 Å². The van der Waals surface area contributed by atoms with E-state index in [4.69, 9.17) is 4.74 Å². The molecule has 1 aliphatic heterocycles. The van der Waals surface area contributed by atoms with Crippen LogP contribution in [0.1, 0.15) is 32.4 Å². The van der Waals surface area contributed by atoms with E-state index in [0.29, 0.717) is 13.2 Å². The zero-order chi connectivity index (χ0) is 24.1. The maximum atomic E-state index is 13.7. The molecule has 7 heteroatoms. The number of hydrogen-bond acceptors (Lipinski definition) is 4. The Balaban J connectivity index is 1.53. The SMILES string of the molecule is C=CCN(CC(=O)N1CCc2sccc2[C@H]1COc1ccccc1C)C(=O)c1cccc(F)c1. The van der Waals surface area contributed by atoms with Crippen LogP contribution in [0.25, 0.3) is 0 Å². The summed E-state index contributed by atoms with van der Waals surface area (Å²) in [6.45, 7) is 6.62. The van der Waals surface area contributed by atoms with E-state index in [-0.39, 0.29) is 30.6 Å². The number of carbonyl (C=O) groups excluding carboxylic acids is 2. The van der Waals surface area contributed by atoms with E-state index in [9.17, 15) is 14.0 Å². The van der Waals surface area contributed by atoms with Gasteiger partial charge in [-0.3, -0.25) is 9.59 Å². The van der Waals surface area contributed by atoms with E-state index < -0.39 is 11.7 Å². The summed E-state index contributed by atoms with van der Waals surface area (Å²) in [5, 5.41) is 2.04. The van der Waals surface area contributed by atoms with Crippen LogP contribution in [0.2, 0.25) is 0 Å². The molecular formula is C27H27FN2O3S. The van der Waals surface area contributed by atoms with E-state index in [1.54, 1.807) is 28.4 Å². The summed E-state index contributed by atoms with van der Waals surface area (Å²) in [5.74, 6) is -0.299. The average Bonchev–Trinajstić information content (AvgIpc) is 3.32. The molecule has 3 aromatic rings. The minimum absolute atomic E-state index is 0.123. The van der Waals surface area contributed by atoms with Crippen molar-refractivity contribution in [3.8, 4) is 5.75 Å². The molecule has 1 atom stereocenters. The van der Waals surface area contributed by atoms with Crippen LogP contribution < -0.4 is 4.74 Å². The molecule has 0 aliphatic carbocycles. The van der Waals surface area contributed by atoms with Gasteiger partial charge in [-0.15, -0.1) is 17.9 Å². The lowest BCUT2D eigenvalue weighted by Gasteiger charge is -2.37. The lowest BCUT2D eigenvalue weighted by molar-refractivity contribution is -0.135. The van der Waals surface area contributed by atoms with Crippen molar-refractivity contribution >= 4 is 23.2 Å². The third-order valence-electron chi connectivity index (χ3n) is 5.94. The molecular weight excluding hydrogens is 451 g/mol. The van der Waals surface area contributed by atoms with Gasteiger partial charge in [-0.1, -0.05) is 30.3 Å². The van der Waals surface area contributed by atoms with Gasteiger partial charge in [-0.05, 0) is 60.2 Å². The van der Waals surface area contributed by atoms with Crippen molar-refractivity contribution in [1.82, 2.24) is 9.80 Å². The topological polar surface area (TPSA) is 49.9 Å². The minimum atomic E-state index is -0.495. The third-order valence-corrected chi connectivity index (χ3v) is 6.94. The molecule has 34 heavy (non-hydrogen) atoms. The molecule has 0 radical (unpaired) electrons. The van der Waals surface area contributed by atoms with E-state index >= 15 is 0 Å². The van der Waals surface area contributed by atoms with Crippen LogP contribution in [-0.4, -0.2) is 47.9 Å². The molecule has 5 nitrogen and oxygen atoms in total. The number of halogens is 1. The van der Waals surface area contributed by atoms with Gasteiger partial charge in [0.05, 0.1) is 6.04 Å². The van der Waals surface area contributed by atoms with Gasteiger partial charge in [0.1, 0.15) is 24.7 Å². The highest BCUT2D eigenvalue weighted by molar-refractivity contribution is 7.10. The van der Waals surface area contributed by atoms with Gasteiger partial charge >= 0.3 is 0 Å². The van der Waals surface area contributed by atoms with Crippen molar-refractivity contribution in [2.24, 2.45) is 0 Å². The normalized spacial score (nSPS) is 14.9. The number of nitrogens with zero attached hydrogens (tertiary/aromatic N) is 2. The Morgan fingerprint density at radius 1 is 1.24 bits per heavy atom. The van der Waals surface area contributed by atoms with Crippen molar-refractivity contribution < 1.29 is 18.7 Å². The maximum Gasteiger partial charge on any atom is 0.254 e. The Bertz CT molecular complexity index is 1190. The summed E-state index contributed by atoms with van der Waals surface area (Å²) in [6, 6.07) is 15.1. The quantitative estimate of drug-likeness (QED) is 0.427. The number of hydrogen-bond donors (Lipinski definition) is 0. The number of thiophene rings is 1. The van der Waals surface area contributed by atoms with E-state index in [2.05, 4.69) is 6.58 Å². The first-order valence-corrected chi connectivity index (χ1v) is 12.1. The van der Waals surface area contributed by atoms with Crippen LogP contribution in [0.15, 0.2) is 72.6 Å². The van der Waals surface area contributed by atoms with Gasteiger partial charge in [-0.25, -0.2) is 4.39 Å². The average molecular weight is 479 g/mol. The molecule has 0 bridgehead atoms. The second-order valence-electron chi connectivity index (χ2n) is 8.21. The first kappa shape index (κ1) is 23.7. The molecule has 0 spiro atoms. The Hall–Kier alpha value is -3.45. The molecule has 0 unspecified atom stereocenters. The summed E-state index contributed by atoms with van der Waals surface area (Å²) in [4.78, 5) is 30.9. The number of rotatable bonds is 8.